The van der Waals surface area contributed by atoms with Crippen molar-refractivity contribution in [3.05, 3.63) is 70.8 Å². The molecule has 1 saturated heterocycles. The van der Waals surface area contributed by atoms with Crippen LogP contribution in [0.25, 0.3) is 0 Å². The summed E-state index contributed by atoms with van der Waals surface area (Å²) in [5.41, 5.74) is 2.11. The van der Waals surface area contributed by atoms with Gasteiger partial charge in [0.25, 0.3) is 0 Å². The lowest BCUT2D eigenvalue weighted by Gasteiger charge is -2.25. The van der Waals surface area contributed by atoms with E-state index >= 15 is 0 Å². The largest absolute Gasteiger partial charge is 0.392 e. The quantitative estimate of drug-likeness (QED) is 0.911. The minimum atomic E-state index is -0.556. The summed E-state index contributed by atoms with van der Waals surface area (Å²) in [4.78, 5) is 1.95. The molecule has 5 heteroatoms. The van der Waals surface area contributed by atoms with Crippen molar-refractivity contribution in [1.29, 1.82) is 0 Å². The Morgan fingerprint density at radius 2 is 1.74 bits per heavy atom. The fourth-order valence-corrected chi connectivity index (χ4v) is 3.13. The van der Waals surface area contributed by atoms with Crippen LogP contribution in [0.1, 0.15) is 29.2 Å². The highest BCUT2D eigenvalue weighted by atomic mass is 19.1. The average molecular weight is 319 g/mol. The molecule has 1 aliphatic rings. The fourth-order valence-electron chi connectivity index (χ4n) is 3.13. The van der Waals surface area contributed by atoms with Crippen LogP contribution < -0.4 is 0 Å². The second-order valence-corrected chi connectivity index (χ2v) is 5.98. The standard InChI is InChI=1S/C18H19F2NO2/c19-14-5-6-17(20)16(7-14)18-8-15(23)10-21(18)9-12-1-3-13(11-22)4-2-12/h1-7,15,18,22-23H,8-11H2. The lowest BCUT2D eigenvalue weighted by Crippen LogP contribution is -2.25. The van der Waals surface area contributed by atoms with Gasteiger partial charge in [0.15, 0.2) is 0 Å². The van der Waals surface area contributed by atoms with E-state index in [1.807, 2.05) is 29.2 Å². The first-order valence-electron chi connectivity index (χ1n) is 7.62. The van der Waals surface area contributed by atoms with Gasteiger partial charge in [-0.25, -0.2) is 8.78 Å². The topological polar surface area (TPSA) is 43.7 Å². The number of aliphatic hydroxyl groups excluding tert-OH is 2. The van der Waals surface area contributed by atoms with Gasteiger partial charge < -0.3 is 10.2 Å². The Labute approximate surface area is 133 Å². The number of likely N-dealkylation sites (tertiary alicyclic amines) is 1. The predicted octanol–water partition coefficient (Wildman–Crippen LogP) is 2.77. The molecule has 3 rings (SSSR count). The minimum absolute atomic E-state index is 0.0141. The molecule has 1 aliphatic heterocycles. The molecule has 2 aromatic rings. The summed E-state index contributed by atoms with van der Waals surface area (Å²) in [6.45, 7) is 0.936. The normalized spacial score (nSPS) is 21.7. The molecule has 2 aromatic carbocycles. The van der Waals surface area contributed by atoms with E-state index in [1.165, 1.54) is 6.07 Å². The van der Waals surface area contributed by atoms with Crippen molar-refractivity contribution in [2.24, 2.45) is 0 Å². The van der Waals surface area contributed by atoms with Gasteiger partial charge in [-0.3, -0.25) is 4.90 Å². The maximum atomic E-state index is 14.1. The van der Waals surface area contributed by atoms with Crippen molar-refractivity contribution in [2.45, 2.75) is 31.7 Å². The molecular weight excluding hydrogens is 300 g/mol. The Morgan fingerprint density at radius 3 is 2.43 bits per heavy atom. The minimum Gasteiger partial charge on any atom is -0.392 e. The maximum absolute atomic E-state index is 14.1. The van der Waals surface area contributed by atoms with Gasteiger partial charge in [0.05, 0.1) is 12.7 Å². The van der Waals surface area contributed by atoms with Crippen LogP contribution in [-0.4, -0.2) is 27.8 Å². The molecule has 2 unspecified atom stereocenters. The number of hydrogen-bond donors (Lipinski definition) is 2. The van der Waals surface area contributed by atoms with Gasteiger partial charge in [-0.2, -0.15) is 0 Å². The summed E-state index contributed by atoms with van der Waals surface area (Å²) in [7, 11) is 0. The van der Waals surface area contributed by atoms with Crippen molar-refractivity contribution in [3.63, 3.8) is 0 Å². The van der Waals surface area contributed by atoms with E-state index in [9.17, 15) is 13.9 Å². The second-order valence-electron chi connectivity index (χ2n) is 5.98. The lowest BCUT2D eigenvalue weighted by molar-refractivity contribution is 0.172. The van der Waals surface area contributed by atoms with Gasteiger partial charge in [-0.05, 0) is 35.7 Å². The van der Waals surface area contributed by atoms with Crippen LogP contribution in [0.3, 0.4) is 0 Å². The van der Waals surface area contributed by atoms with E-state index in [0.717, 1.165) is 23.3 Å². The Balaban J connectivity index is 1.83. The summed E-state index contributed by atoms with van der Waals surface area (Å²) in [6, 6.07) is 10.5. The van der Waals surface area contributed by atoms with Crippen molar-refractivity contribution < 1.29 is 19.0 Å². The first kappa shape index (κ1) is 16.1. The molecule has 0 aromatic heterocycles. The Kier molecular flexibility index (Phi) is 4.71. The Bertz CT molecular complexity index is 675. The number of aliphatic hydroxyl groups is 2. The van der Waals surface area contributed by atoms with Crippen LogP contribution >= 0.6 is 0 Å². The Hall–Kier alpha value is -1.82. The highest BCUT2D eigenvalue weighted by Crippen LogP contribution is 2.35. The molecule has 0 amide bonds. The second kappa shape index (κ2) is 6.74. The summed E-state index contributed by atoms with van der Waals surface area (Å²) >= 11 is 0. The number of β-amino-alcohol motifs (C(OH)–C–C–N with tert-alkyl or cyclic N) is 1. The van der Waals surface area contributed by atoms with E-state index in [1.54, 1.807) is 0 Å². The van der Waals surface area contributed by atoms with E-state index in [2.05, 4.69) is 0 Å². The van der Waals surface area contributed by atoms with Crippen LogP contribution in [0, 0.1) is 11.6 Å². The van der Waals surface area contributed by atoms with Crippen molar-refractivity contribution in [3.8, 4) is 0 Å². The third-order valence-electron chi connectivity index (χ3n) is 4.29. The van der Waals surface area contributed by atoms with Crippen molar-refractivity contribution in [2.75, 3.05) is 6.54 Å². The average Bonchev–Trinajstić information content (AvgIpc) is 2.91. The third-order valence-corrected chi connectivity index (χ3v) is 4.29. The summed E-state index contributed by atoms with van der Waals surface area (Å²) < 4.78 is 27.5. The highest BCUT2D eigenvalue weighted by molar-refractivity contribution is 5.26. The van der Waals surface area contributed by atoms with Crippen LogP contribution in [0.5, 0.6) is 0 Å². The zero-order valence-electron chi connectivity index (χ0n) is 12.6. The highest BCUT2D eigenvalue weighted by Gasteiger charge is 2.33. The summed E-state index contributed by atoms with van der Waals surface area (Å²) in [5.74, 6) is -0.929. The SMILES string of the molecule is OCc1ccc(CN2CC(O)CC2c2cc(F)ccc2F)cc1. The molecule has 0 spiro atoms. The molecule has 23 heavy (non-hydrogen) atoms. The molecule has 0 radical (unpaired) electrons. The number of rotatable bonds is 4. The molecular formula is C18H19F2NO2. The molecule has 1 fully saturated rings. The van der Waals surface area contributed by atoms with Gasteiger partial charge in [-0.1, -0.05) is 24.3 Å². The molecule has 0 saturated carbocycles. The number of benzene rings is 2. The smallest absolute Gasteiger partial charge is 0.128 e. The van der Waals surface area contributed by atoms with Gasteiger partial charge >= 0.3 is 0 Å². The molecule has 2 N–H and O–H groups in total. The van der Waals surface area contributed by atoms with Gasteiger partial charge in [-0.15, -0.1) is 0 Å². The van der Waals surface area contributed by atoms with Crippen molar-refractivity contribution >= 4 is 0 Å². The zero-order valence-corrected chi connectivity index (χ0v) is 12.6. The van der Waals surface area contributed by atoms with E-state index in [0.29, 0.717) is 19.5 Å². The van der Waals surface area contributed by atoms with Gasteiger partial charge in [0.2, 0.25) is 0 Å². The van der Waals surface area contributed by atoms with E-state index in [4.69, 9.17) is 5.11 Å². The van der Waals surface area contributed by atoms with Crippen LogP contribution in [-0.2, 0) is 13.2 Å². The maximum Gasteiger partial charge on any atom is 0.128 e. The summed E-state index contributed by atoms with van der Waals surface area (Å²) in [6.07, 6.45) is -0.172. The lowest BCUT2D eigenvalue weighted by atomic mass is 10.0. The third kappa shape index (κ3) is 3.58. The molecule has 0 aliphatic carbocycles. The van der Waals surface area contributed by atoms with Crippen LogP contribution in [0.15, 0.2) is 42.5 Å². The molecule has 1 heterocycles. The zero-order chi connectivity index (χ0) is 16.4. The van der Waals surface area contributed by atoms with Gasteiger partial charge in [0, 0.05) is 24.7 Å². The first-order valence-corrected chi connectivity index (χ1v) is 7.62. The number of nitrogens with zero attached hydrogens (tertiary/aromatic N) is 1. The van der Waals surface area contributed by atoms with Crippen LogP contribution in [0.4, 0.5) is 8.78 Å². The summed E-state index contributed by atoms with van der Waals surface area (Å²) in [5, 5.41) is 19.0. The van der Waals surface area contributed by atoms with Crippen LogP contribution in [0.2, 0.25) is 0 Å². The first-order chi connectivity index (χ1) is 11.1. The molecule has 2 atom stereocenters. The fraction of sp³-hybridized carbons (Fsp3) is 0.333. The number of hydrogen-bond acceptors (Lipinski definition) is 3. The molecule has 3 nitrogen and oxygen atoms in total. The van der Waals surface area contributed by atoms with E-state index in [-0.39, 0.29) is 18.2 Å². The number of halogens is 2. The van der Waals surface area contributed by atoms with Gasteiger partial charge in [0.1, 0.15) is 11.6 Å². The molecule has 0 bridgehead atoms. The molecule has 122 valence electrons. The van der Waals surface area contributed by atoms with Crippen molar-refractivity contribution in [1.82, 2.24) is 4.90 Å². The predicted molar refractivity (Wildman–Crippen MR) is 82.5 cm³/mol. The monoisotopic (exact) mass is 319 g/mol. The Morgan fingerprint density at radius 1 is 1.04 bits per heavy atom. The van der Waals surface area contributed by atoms with E-state index < -0.39 is 17.7 Å².